The fraction of sp³-hybridized carbons (Fsp3) is 0.471. The lowest BCUT2D eigenvalue weighted by Crippen LogP contribution is -2.41. The van der Waals surface area contributed by atoms with Crippen LogP contribution in [0.5, 0.6) is 11.5 Å². The van der Waals surface area contributed by atoms with Gasteiger partial charge in [-0.3, -0.25) is 0 Å². The van der Waals surface area contributed by atoms with Crippen molar-refractivity contribution in [2.75, 3.05) is 69.4 Å². The summed E-state index contributed by atoms with van der Waals surface area (Å²) in [5, 5.41) is 3.54. The standard InChI is InChI=1S/C34H43N3O4/c1-38-20-5-17-36-19-21-39-33-13-8-26(22-32(33)36)25-40-34-23-35-16-14-31(34)27-9-11-29(12-10-27)41-30-15-18-37(24-30)28-6-3-2-4-7-28/h2-4,6-13,22,30-31,34-35H,5,14-21,23-25H2,1H3/t30-,31+,34-/m0/s1. The van der Waals surface area contributed by atoms with Gasteiger partial charge < -0.3 is 34.1 Å². The minimum atomic E-state index is 0.120. The van der Waals surface area contributed by atoms with Gasteiger partial charge in [-0.2, -0.15) is 0 Å². The summed E-state index contributed by atoms with van der Waals surface area (Å²) in [6.45, 7) is 7.77. The Morgan fingerprint density at radius 2 is 1.85 bits per heavy atom. The number of hydrogen-bond donors (Lipinski definition) is 1. The fourth-order valence-corrected chi connectivity index (χ4v) is 6.31. The first-order valence-electron chi connectivity index (χ1n) is 15.2. The molecule has 0 radical (unpaired) electrons. The molecule has 7 nitrogen and oxygen atoms in total. The van der Waals surface area contributed by atoms with Crippen molar-refractivity contribution < 1.29 is 18.9 Å². The molecular weight excluding hydrogens is 514 g/mol. The lowest BCUT2D eigenvalue weighted by atomic mass is 9.87. The number of piperidine rings is 1. The molecule has 2 saturated heterocycles. The molecule has 2 fully saturated rings. The Morgan fingerprint density at radius 1 is 0.976 bits per heavy atom. The highest BCUT2D eigenvalue weighted by Gasteiger charge is 2.28. The summed E-state index contributed by atoms with van der Waals surface area (Å²) in [7, 11) is 1.76. The topological polar surface area (TPSA) is 55.4 Å². The van der Waals surface area contributed by atoms with Crippen LogP contribution in [-0.4, -0.2) is 71.8 Å². The first-order chi connectivity index (χ1) is 20.3. The number of anilines is 2. The number of para-hydroxylation sites is 1. The van der Waals surface area contributed by atoms with Crippen molar-refractivity contribution in [2.24, 2.45) is 0 Å². The van der Waals surface area contributed by atoms with Gasteiger partial charge in [0.1, 0.15) is 24.2 Å². The monoisotopic (exact) mass is 557 g/mol. The van der Waals surface area contributed by atoms with E-state index < -0.39 is 0 Å². The quantitative estimate of drug-likeness (QED) is 0.324. The number of hydrogen-bond acceptors (Lipinski definition) is 7. The van der Waals surface area contributed by atoms with Gasteiger partial charge in [-0.25, -0.2) is 0 Å². The molecule has 7 heteroatoms. The molecule has 3 aromatic carbocycles. The van der Waals surface area contributed by atoms with E-state index in [1.165, 1.54) is 16.8 Å². The van der Waals surface area contributed by atoms with Crippen molar-refractivity contribution in [3.8, 4) is 11.5 Å². The van der Waals surface area contributed by atoms with E-state index >= 15 is 0 Å². The van der Waals surface area contributed by atoms with Crippen LogP contribution in [0, 0.1) is 0 Å². The minimum absolute atomic E-state index is 0.120. The molecule has 0 saturated carbocycles. The Bertz CT molecular complexity index is 1240. The van der Waals surface area contributed by atoms with Crippen LogP contribution in [0.15, 0.2) is 72.8 Å². The van der Waals surface area contributed by atoms with E-state index in [9.17, 15) is 0 Å². The summed E-state index contributed by atoms with van der Waals surface area (Å²) in [5.41, 5.74) is 4.94. The minimum Gasteiger partial charge on any atom is -0.490 e. The second-order valence-electron chi connectivity index (χ2n) is 11.3. The molecule has 3 aromatic rings. The smallest absolute Gasteiger partial charge is 0.142 e. The van der Waals surface area contributed by atoms with E-state index in [0.29, 0.717) is 12.5 Å². The summed E-state index contributed by atoms with van der Waals surface area (Å²) in [6, 6.07) is 25.8. The first kappa shape index (κ1) is 27.9. The Kier molecular flexibility index (Phi) is 9.25. The molecule has 6 rings (SSSR count). The van der Waals surface area contributed by atoms with Gasteiger partial charge in [-0.05, 0) is 66.9 Å². The van der Waals surface area contributed by atoms with Gasteiger partial charge >= 0.3 is 0 Å². The van der Waals surface area contributed by atoms with Gasteiger partial charge in [-0.15, -0.1) is 0 Å². The van der Waals surface area contributed by atoms with Crippen molar-refractivity contribution in [3.05, 3.63) is 83.9 Å². The third-order valence-electron chi connectivity index (χ3n) is 8.53. The van der Waals surface area contributed by atoms with Crippen LogP contribution in [0.4, 0.5) is 11.4 Å². The van der Waals surface area contributed by atoms with Crippen molar-refractivity contribution in [1.82, 2.24) is 5.32 Å². The molecule has 41 heavy (non-hydrogen) atoms. The lowest BCUT2D eigenvalue weighted by molar-refractivity contribution is 0.0106. The summed E-state index contributed by atoms with van der Waals surface area (Å²) in [4.78, 5) is 4.81. The molecule has 0 unspecified atom stereocenters. The first-order valence-corrected chi connectivity index (χ1v) is 15.2. The van der Waals surface area contributed by atoms with E-state index in [1.54, 1.807) is 7.11 Å². The molecule has 0 amide bonds. The number of nitrogens with zero attached hydrogens (tertiary/aromatic N) is 2. The third kappa shape index (κ3) is 6.97. The SMILES string of the molecule is COCCCN1CCOc2ccc(CO[C@H]3CNCC[C@@H]3c3ccc(O[C@H]4CCN(c5ccccc5)C4)cc3)cc21. The molecule has 3 atom stereocenters. The van der Waals surface area contributed by atoms with Crippen LogP contribution < -0.4 is 24.6 Å². The van der Waals surface area contributed by atoms with Crippen molar-refractivity contribution in [3.63, 3.8) is 0 Å². The van der Waals surface area contributed by atoms with Gasteiger partial charge in [-0.1, -0.05) is 36.4 Å². The molecule has 3 aliphatic heterocycles. The van der Waals surface area contributed by atoms with Gasteiger partial charge in [0.05, 0.1) is 31.5 Å². The maximum atomic E-state index is 6.57. The normalized spacial score (nSPS) is 22.3. The van der Waals surface area contributed by atoms with Crippen molar-refractivity contribution in [2.45, 2.75) is 44.0 Å². The summed E-state index contributed by atoms with van der Waals surface area (Å²) < 4.78 is 24.1. The molecule has 218 valence electrons. The van der Waals surface area contributed by atoms with Gasteiger partial charge in [0.2, 0.25) is 0 Å². The maximum absolute atomic E-state index is 6.57. The lowest BCUT2D eigenvalue weighted by Gasteiger charge is -2.33. The Labute approximate surface area is 244 Å². The van der Waals surface area contributed by atoms with Gasteiger partial charge in [0.15, 0.2) is 0 Å². The van der Waals surface area contributed by atoms with Crippen LogP contribution >= 0.6 is 0 Å². The Morgan fingerprint density at radius 3 is 2.71 bits per heavy atom. The highest BCUT2D eigenvalue weighted by atomic mass is 16.5. The molecule has 0 bridgehead atoms. The molecule has 3 heterocycles. The highest BCUT2D eigenvalue weighted by Crippen LogP contribution is 2.34. The summed E-state index contributed by atoms with van der Waals surface area (Å²) in [5.74, 6) is 2.27. The van der Waals surface area contributed by atoms with Crippen LogP contribution in [0.2, 0.25) is 0 Å². The molecule has 3 aliphatic rings. The number of ether oxygens (including phenoxy) is 4. The van der Waals surface area contributed by atoms with E-state index in [2.05, 4.69) is 87.9 Å². The zero-order valence-corrected chi connectivity index (χ0v) is 24.2. The number of benzene rings is 3. The molecular formula is C34H43N3O4. The van der Waals surface area contributed by atoms with Crippen LogP contribution in [-0.2, 0) is 16.1 Å². The van der Waals surface area contributed by atoms with Crippen LogP contribution in [0.25, 0.3) is 0 Å². The average molecular weight is 558 g/mol. The third-order valence-corrected chi connectivity index (χ3v) is 8.53. The number of nitrogens with one attached hydrogen (secondary N) is 1. The maximum Gasteiger partial charge on any atom is 0.142 e. The summed E-state index contributed by atoms with van der Waals surface area (Å²) in [6.07, 6.45) is 3.44. The second-order valence-corrected chi connectivity index (χ2v) is 11.3. The Balaban J connectivity index is 1.05. The molecule has 1 N–H and O–H groups in total. The predicted molar refractivity (Wildman–Crippen MR) is 164 cm³/mol. The fourth-order valence-electron chi connectivity index (χ4n) is 6.31. The number of fused-ring (bicyclic) bond motifs is 1. The van der Waals surface area contributed by atoms with Gasteiger partial charge in [0, 0.05) is 51.4 Å². The number of rotatable bonds is 11. The van der Waals surface area contributed by atoms with E-state index in [4.69, 9.17) is 18.9 Å². The highest BCUT2D eigenvalue weighted by molar-refractivity contribution is 5.61. The van der Waals surface area contributed by atoms with Crippen molar-refractivity contribution >= 4 is 11.4 Å². The predicted octanol–water partition coefficient (Wildman–Crippen LogP) is 5.24. The molecule has 0 spiro atoms. The van der Waals surface area contributed by atoms with E-state index in [-0.39, 0.29) is 12.2 Å². The van der Waals surface area contributed by atoms with Crippen molar-refractivity contribution in [1.29, 1.82) is 0 Å². The average Bonchev–Trinajstić information content (AvgIpc) is 3.50. The summed E-state index contributed by atoms with van der Waals surface area (Å²) >= 11 is 0. The van der Waals surface area contributed by atoms with E-state index in [0.717, 1.165) is 88.9 Å². The van der Waals surface area contributed by atoms with Gasteiger partial charge in [0.25, 0.3) is 0 Å². The van der Waals surface area contributed by atoms with Crippen LogP contribution in [0.1, 0.15) is 36.3 Å². The second kappa shape index (κ2) is 13.6. The zero-order chi connectivity index (χ0) is 27.9. The largest absolute Gasteiger partial charge is 0.490 e. The molecule has 0 aromatic heterocycles. The van der Waals surface area contributed by atoms with E-state index in [1.807, 2.05) is 0 Å². The molecule has 0 aliphatic carbocycles. The zero-order valence-electron chi connectivity index (χ0n) is 24.2. The number of methoxy groups -OCH3 is 1. The Hall–Kier alpha value is -3.26. The van der Waals surface area contributed by atoms with Crippen LogP contribution in [0.3, 0.4) is 0 Å².